The fourth-order valence-corrected chi connectivity index (χ4v) is 1.83. The zero-order valence-electron chi connectivity index (χ0n) is 13.1. The molecule has 1 atom stereocenters. The van der Waals surface area contributed by atoms with Gasteiger partial charge in [-0.15, -0.1) is 0 Å². The van der Waals surface area contributed by atoms with Gasteiger partial charge in [-0.1, -0.05) is 11.6 Å². The highest BCUT2D eigenvalue weighted by Crippen LogP contribution is 2.27. The number of carbonyl (C=O) groups excluding carboxylic acids is 1. The van der Waals surface area contributed by atoms with Gasteiger partial charge in [0.1, 0.15) is 5.75 Å². The van der Waals surface area contributed by atoms with Gasteiger partial charge < -0.3 is 20.3 Å². The molecule has 0 aromatic heterocycles. The molecule has 0 aliphatic heterocycles. The van der Waals surface area contributed by atoms with Crippen LogP contribution >= 0.6 is 11.6 Å². The highest BCUT2D eigenvalue weighted by atomic mass is 35.5. The van der Waals surface area contributed by atoms with E-state index >= 15 is 0 Å². The molecule has 1 amide bonds. The van der Waals surface area contributed by atoms with E-state index in [0.29, 0.717) is 36.3 Å². The summed E-state index contributed by atoms with van der Waals surface area (Å²) in [5, 5.41) is 6.71. The first-order chi connectivity index (χ1) is 9.93. The molecule has 2 N–H and O–H groups in total. The molecule has 1 aromatic rings. The first-order valence-electron chi connectivity index (χ1n) is 6.94. The standard InChI is InChI=1S/C15H24ClN3O2/c1-11(19(2)3)10-18-15(20)7-8-17-13-9-12(16)5-6-14(13)21-4/h5-6,9,11,17H,7-8,10H2,1-4H3,(H,18,20). The van der Waals surface area contributed by atoms with Gasteiger partial charge in [0.25, 0.3) is 0 Å². The molecule has 0 radical (unpaired) electrons. The Balaban J connectivity index is 2.36. The molecule has 21 heavy (non-hydrogen) atoms. The van der Waals surface area contributed by atoms with Gasteiger partial charge in [0.15, 0.2) is 0 Å². The molecular weight excluding hydrogens is 290 g/mol. The van der Waals surface area contributed by atoms with Crippen LogP contribution in [-0.4, -0.2) is 51.1 Å². The van der Waals surface area contributed by atoms with Crippen LogP contribution in [0.2, 0.25) is 5.02 Å². The lowest BCUT2D eigenvalue weighted by atomic mass is 10.2. The fraction of sp³-hybridized carbons (Fsp3) is 0.533. The minimum atomic E-state index is 0.0252. The van der Waals surface area contributed by atoms with Crippen LogP contribution < -0.4 is 15.4 Å². The number of ether oxygens (including phenoxy) is 1. The number of anilines is 1. The first-order valence-corrected chi connectivity index (χ1v) is 7.32. The van der Waals surface area contributed by atoms with Crippen LogP contribution in [0.25, 0.3) is 0 Å². The second kappa shape index (κ2) is 8.74. The van der Waals surface area contributed by atoms with E-state index in [9.17, 15) is 4.79 Å². The second-order valence-corrected chi connectivity index (χ2v) is 5.57. The number of halogens is 1. The summed E-state index contributed by atoms with van der Waals surface area (Å²) in [5.74, 6) is 0.734. The summed E-state index contributed by atoms with van der Waals surface area (Å²) >= 11 is 5.95. The summed E-state index contributed by atoms with van der Waals surface area (Å²) in [5.41, 5.74) is 0.791. The lowest BCUT2D eigenvalue weighted by Crippen LogP contribution is -2.38. The van der Waals surface area contributed by atoms with Crippen molar-refractivity contribution in [2.24, 2.45) is 0 Å². The van der Waals surface area contributed by atoms with E-state index in [0.717, 1.165) is 5.69 Å². The molecule has 0 saturated carbocycles. The Bertz CT molecular complexity index is 466. The number of methoxy groups -OCH3 is 1. The third-order valence-corrected chi connectivity index (χ3v) is 3.54. The first kappa shape index (κ1) is 17.6. The van der Waals surface area contributed by atoms with Crippen molar-refractivity contribution < 1.29 is 9.53 Å². The largest absolute Gasteiger partial charge is 0.495 e. The van der Waals surface area contributed by atoms with Crippen LogP contribution in [0.3, 0.4) is 0 Å². The average Bonchev–Trinajstić information content (AvgIpc) is 2.44. The highest BCUT2D eigenvalue weighted by Gasteiger charge is 2.08. The quantitative estimate of drug-likeness (QED) is 0.772. The van der Waals surface area contributed by atoms with E-state index < -0.39 is 0 Å². The summed E-state index contributed by atoms with van der Waals surface area (Å²) in [6, 6.07) is 5.66. The van der Waals surface area contributed by atoms with E-state index in [1.54, 1.807) is 25.3 Å². The fourth-order valence-electron chi connectivity index (χ4n) is 1.66. The van der Waals surface area contributed by atoms with Crippen molar-refractivity contribution in [1.29, 1.82) is 0 Å². The minimum absolute atomic E-state index is 0.0252. The summed E-state index contributed by atoms with van der Waals surface area (Å²) < 4.78 is 5.24. The molecule has 0 bridgehead atoms. The summed E-state index contributed by atoms with van der Waals surface area (Å²) in [6.07, 6.45) is 0.399. The van der Waals surface area contributed by atoms with Crippen molar-refractivity contribution in [1.82, 2.24) is 10.2 Å². The normalized spacial score (nSPS) is 12.1. The average molecular weight is 314 g/mol. The topological polar surface area (TPSA) is 53.6 Å². The molecule has 0 aliphatic rings. The Morgan fingerprint density at radius 2 is 2.14 bits per heavy atom. The Hall–Kier alpha value is -1.46. The minimum Gasteiger partial charge on any atom is -0.495 e. The number of hydrogen-bond donors (Lipinski definition) is 2. The Labute approximate surface area is 131 Å². The van der Waals surface area contributed by atoms with Gasteiger partial charge in [-0.05, 0) is 39.2 Å². The molecule has 0 fully saturated rings. The number of rotatable bonds is 8. The van der Waals surface area contributed by atoms with Crippen LogP contribution in [0.15, 0.2) is 18.2 Å². The monoisotopic (exact) mass is 313 g/mol. The van der Waals surface area contributed by atoms with Crippen molar-refractivity contribution >= 4 is 23.2 Å². The summed E-state index contributed by atoms with van der Waals surface area (Å²) in [7, 11) is 5.58. The van der Waals surface area contributed by atoms with Crippen molar-refractivity contribution in [2.75, 3.05) is 39.6 Å². The van der Waals surface area contributed by atoms with Gasteiger partial charge in [-0.25, -0.2) is 0 Å². The number of likely N-dealkylation sites (N-methyl/N-ethyl adjacent to an activating group) is 1. The predicted molar refractivity (Wildman–Crippen MR) is 87.3 cm³/mol. The maximum Gasteiger partial charge on any atom is 0.221 e. The van der Waals surface area contributed by atoms with Gasteiger partial charge in [-0.3, -0.25) is 4.79 Å². The van der Waals surface area contributed by atoms with Crippen LogP contribution in [0, 0.1) is 0 Å². The van der Waals surface area contributed by atoms with Gasteiger partial charge in [0, 0.05) is 30.6 Å². The van der Waals surface area contributed by atoms with Crippen molar-refractivity contribution in [2.45, 2.75) is 19.4 Å². The third-order valence-electron chi connectivity index (χ3n) is 3.31. The zero-order chi connectivity index (χ0) is 15.8. The lowest BCUT2D eigenvalue weighted by Gasteiger charge is -2.20. The number of nitrogens with one attached hydrogen (secondary N) is 2. The van der Waals surface area contributed by atoms with Crippen molar-refractivity contribution in [3.05, 3.63) is 23.2 Å². The van der Waals surface area contributed by atoms with Gasteiger partial charge >= 0.3 is 0 Å². The molecule has 1 rings (SSSR count). The number of carbonyl (C=O) groups is 1. The van der Waals surface area contributed by atoms with Crippen LogP contribution in [0.1, 0.15) is 13.3 Å². The molecule has 5 nitrogen and oxygen atoms in total. The maximum atomic E-state index is 11.8. The molecule has 0 heterocycles. The smallest absolute Gasteiger partial charge is 0.221 e. The third kappa shape index (κ3) is 6.23. The van der Waals surface area contributed by atoms with Crippen molar-refractivity contribution in [3.8, 4) is 5.75 Å². The molecule has 0 spiro atoms. The number of nitrogens with zero attached hydrogens (tertiary/aromatic N) is 1. The molecular formula is C15H24ClN3O2. The van der Waals surface area contributed by atoms with Gasteiger partial charge in [-0.2, -0.15) is 0 Å². The van der Waals surface area contributed by atoms with E-state index in [-0.39, 0.29) is 5.91 Å². The SMILES string of the molecule is COc1ccc(Cl)cc1NCCC(=O)NCC(C)N(C)C. The number of benzene rings is 1. The summed E-state index contributed by atoms with van der Waals surface area (Å²) in [4.78, 5) is 13.8. The molecule has 118 valence electrons. The van der Waals surface area contributed by atoms with E-state index in [4.69, 9.17) is 16.3 Å². The predicted octanol–water partition coefficient (Wildman–Crippen LogP) is 2.22. The zero-order valence-corrected chi connectivity index (χ0v) is 13.8. The molecule has 0 saturated heterocycles. The maximum absolute atomic E-state index is 11.8. The highest BCUT2D eigenvalue weighted by molar-refractivity contribution is 6.30. The Kier molecular flexibility index (Phi) is 7.32. The van der Waals surface area contributed by atoms with E-state index in [1.165, 1.54) is 0 Å². The van der Waals surface area contributed by atoms with Crippen LogP contribution in [0.5, 0.6) is 5.75 Å². The van der Waals surface area contributed by atoms with Gasteiger partial charge in [0.2, 0.25) is 5.91 Å². The van der Waals surface area contributed by atoms with E-state index in [2.05, 4.69) is 22.5 Å². The Morgan fingerprint density at radius 3 is 2.76 bits per heavy atom. The number of hydrogen-bond acceptors (Lipinski definition) is 4. The molecule has 1 unspecified atom stereocenters. The molecule has 1 aromatic carbocycles. The summed E-state index contributed by atoms with van der Waals surface area (Å²) in [6.45, 7) is 3.24. The molecule has 6 heteroatoms. The second-order valence-electron chi connectivity index (χ2n) is 5.14. The molecule has 0 aliphatic carbocycles. The van der Waals surface area contributed by atoms with Gasteiger partial charge in [0.05, 0.1) is 12.8 Å². The Morgan fingerprint density at radius 1 is 1.43 bits per heavy atom. The van der Waals surface area contributed by atoms with Crippen LogP contribution in [-0.2, 0) is 4.79 Å². The number of amides is 1. The van der Waals surface area contributed by atoms with E-state index in [1.807, 2.05) is 14.1 Å². The van der Waals surface area contributed by atoms with Crippen molar-refractivity contribution in [3.63, 3.8) is 0 Å². The lowest BCUT2D eigenvalue weighted by molar-refractivity contribution is -0.121. The van der Waals surface area contributed by atoms with Crippen LogP contribution in [0.4, 0.5) is 5.69 Å².